The second kappa shape index (κ2) is 5.99. The quantitative estimate of drug-likeness (QED) is 0.504. The van der Waals surface area contributed by atoms with Crippen LogP contribution in [0.1, 0.15) is 6.92 Å². The van der Waals surface area contributed by atoms with Gasteiger partial charge in [-0.05, 0) is 0 Å². The maximum Gasteiger partial charge on any atom is 0.328 e. The summed E-state index contributed by atoms with van der Waals surface area (Å²) in [6.45, 7) is 0.598. The summed E-state index contributed by atoms with van der Waals surface area (Å²) in [5.41, 5.74) is 0. The van der Waals surface area contributed by atoms with Crippen LogP contribution < -0.4 is 5.32 Å². The van der Waals surface area contributed by atoms with E-state index in [0.29, 0.717) is 0 Å². The van der Waals surface area contributed by atoms with Crippen LogP contribution in [-0.2, 0) is 9.59 Å². The van der Waals surface area contributed by atoms with Gasteiger partial charge in [-0.3, -0.25) is 4.79 Å². The molecule has 0 aromatic heterocycles. The number of aliphatic carboxylic acids is 1. The predicted octanol–water partition coefficient (Wildman–Crippen LogP) is -1.32. The zero-order valence-corrected chi connectivity index (χ0v) is 7.00. The summed E-state index contributed by atoms with van der Waals surface area (Å²) in [5, 5.41) is 18.6. The summed E-state index contributed by atoms with van der Waals surface area (Å²) in [6.07, 6.45) is 0. The lowest BCUT2D eigenvalue weighted by Gasteiger charge is -2.08. The molecule has 0 rings (SSSR count). The molecule has 0 saturated heterocycles. The fourth-order valence-corrected chi connectivity index (χ4v) is 0.431. The maximum atomic E-state index is 10.2. The first kappa shape index (κ1) is 12.9. The van der Waals surface area contributed by atoms with Crippen LogP contribution >= 0.6 is 13.5 Å². The second-order valence-electron chi connectivity index (χ2n) is 1.77. The van der Waals surface area contributed by atoms with Gasteiger partial charge in [-0.15, -0.1) is 0 Å². The van der Waals surface area contributed by atoms with Crippen molar-refractivity contribution >= 4 is 25.4 Å². The number of carbonyl (C=O) groups is 2. The minimum Gasteiger partial charge on any atom is -0.480 e. The highest BCUT2D eigenvalue weighted by Crippen LogP contribution is 1.80. The molecule has 0 aliphatic heterocycles. The second-order valence-corrected chi connectivity index (χ2v) is 1.77. The van der Waals surface area contributed by atoms with Gasteiger partial charge in [0, 0.05) is 6.92 Å². The number of carboxylic acids is 1. The SMILES string of the molecule is CC(=O)NC(CO)C(=O)O.S. The Morgan fingerprint density at radius 2 is 2.00 bits per heavy atom. The van der Waals surface area contributed by atoms with Crippen molar-refractivity contribution in [3.8, 4) is 0 Å². The molecule has 1 amide bonds. The number of amides is 1. The zero-order chi connectivity index (χ0) is 8.15. The molecule has 5 nitrogen and oxygen atoms in total. The maximum absolute atomic E-state index is 10.2. The van der Waals surface area contributed by atoms with Crippen molar-refractivity contribution in [3.05, 3.63) is 0 Å². The lowest BCUT2D eigenvalue weighted by molar-refractivity contribution is -0.142. The van der Waals surface area contributed by atoms with Gasteiger partial charge in [0.25, 0.3) is 0 Å². The normalized spacial score (nSPS) is 11.1. The lowest BCUT2D eigenvalue weighted by Crippen LogP contribution is -2.42. The Kier molecular flexibility index (Phi) is 7.02. The van der Waals surface area contributed by atoms with Crippen LogP contribution in [0, 0.1) is 0 Å². The Labute approximate surface area is 70.9 Å². The molecule has 0 aromatic rings. The summed E-state index contributed by atoms with van der Waals surface area (Å²) < 4.78 is 0. The molecular formula is C5H11NO4S. The van der Waals surface area contributed by atoms with E-state index < -0.39 is 24.5 Å². The molecule has 0 aliphatic carbocycles. The first-order chi connectivity index (χ1) is 4.57. The number of aliphatic hydroxyl groups is 1. The third-order valence-electron chi connectivity index (χ3n) is 0.858. The van der Waals surface area contributed by atoms with Crippen LogP contribution in [0.4, 0.5) is 0 Å². The van der Waals surface area contributed by atoms with Crippen LogP contribution in [0.2, 0.25) is 0 Å². The third-order valence-corrected chi connectivity index (χ3v) is 0.858. The van der Waals surface area contributed by atoms with E-state index in [4.69, 9.17) is 10.2 Å². The van der Waals surface area contributed by atoms with E-state index in [1.165, 1.54) is 6.92 Å². The minimum atomic E-state index is -1.24. The first-order valence-electron chi connectivity index (χ1n) is 2.68. The fourth-order valence-electron chi connectivity index (χ4n) is 0.431. The molecule has 0 fully saturated rings. The molecule has 1 atom stereocenters. The summed E-state index contributed by atoms with van der Waals surface area (Å²) >= 11 is 0. The standard InChI is InChI=1S/C5H9NO4.H2S/c1-3(8)6-4(2-7)5(9)10;/h4,7H,2H2,1H3,(H,6,8)(H,9,10);1H2. The van der Waals surface area contributed by atoms with Crippen molar-refractivity contribution in [3.63, 3.8) is 0 Å². The summed E-state index contributed by atoms with van der Waals surface area (Å²) in [6, 6.07) is -1.18. The van der Waals surface area contributed by atoms with E-state index in [1.807, 2.05) is 5.32 Å². The van der Waals surface area contributed by atoms with Crippen LogP contribution in [0.15, 0.2) is 0 Å². The van der Waals surface area contributed by atoms with E-state index in [2.05, 4.69) is 0 Å². The topological polar surface area (TPSA) is 86.6 Å². The van der Waals surface area contributed by atoms with Crippen molar-refractivity contribution in [2.75, 3.05) is 6.61 Å². The van der Waals surface area contributed by atoms with Gasteiger partial charge in [-0.2, -0.15) is 13.5 Å². The number of nitrogens with one attached hydrogen (secondary N) is 1. The monoisotopic (exact) mass is 181 g/mol. The largest absolute Gasteiger partial charge is 0.480 e. The van der Waals surface area contributed by atoms with Gasteiger partial charge in [-0.1, -0.05) is 0 Å². The molecule has 0 saturated carbocycles. The number of carbonyl (C=O) groups excluding carboxylic acids is 1. The average Bonchev–Trinajstić information content (AvgIpc) is 1.81. The van der Waals surface area contributed by atoms with Crippen molar-refractivity contribution in [1.82, 2.24) is 5.32 Å². The van der Waals surface area contributed by atoms with Crippen LogP contribution in [-0.4, -0.2) is 34.7 Å². The number of hydrogen-bond acceptors (Lipinski definition) is 3. The molecule has 0 radical (unpaired) electrons. The van der Waals surface area contributed by atoms with Gasteiger partial charge < -0.3 is 15.5 Å². The Morgan fingerprint density at radius 3 is 2.09 bits per heavy atom. The number of aliphatic hydroxyl groups excluding tert-OH is 1. The molecule has 0 aliphatic rings. The van der Waals surface area contributed by atoms with E-state index in [9.17, 15) is 9.59 Å². The molecule has 11 heavy (non-hydrogen) atoms. The molecular weight excluding hydrogens is 170 g/mol. The number of carboxylic acid groups (broad SMARTS) is 1. The summed E-state index contributed by atoms with van der Waals surface area (Å²) in [7, 11) is 0. The fraction of sp³-hybridized carbons (Fsp3) is 0.600. The van der Waals surface area contributed by atoms with Gasteiger partial charge in [0.2, 0.25) is 5.91 Å². The van der Waals surface area contributed by atoms with Crippen molar-refractivity contribution in [2.45, 2.75) is 13.0 Å². The number of hydrogen-bond donors (Lipinski definition) is 3. The minimum absolute atomic E-state index is 0. The summed E-state index contributed by atoms with van der Waals surface area (Å²) in [5.74, 6) is -1.71. The van der Waals surface area contributed by atoms with Gasteiger partial charge in [0.15, 0.2) is 0 Å². The third kappa shape index (κ3) is 5.68. The van der Waals surface area contributed by atoms with Crippen LogP contribution in [0.3, 0.4) is 0 Å². The molecule has 3 N–H and O–H groups in total. The molecule has 6 heteroatoms. The van der Waals surface area contributed by atoms with E-state index in [1.54, 1.807) is 0 Å². The number of rotatable bonds is 3. The van der Waals surface area contributed by atoms with Crippen LogP contribution in [0.25, 0.3) is 0 Å². The highest BCUT2D eigenvalue weighted by atomic mass is 32.1. The Morgan fingerprint density at radius 1 is 1.55 bits per heavy atom. The molecule has 0 aromatic carbocycles. The Balaban J connectivity index is 0. The first-order valence-corrected chi connectivity index (χ1v) is 2.68. The van der Waals surface area contributed by atoms with Gasteiger partial charge >= 0.3 is 5.97 Å². The Bertz CT molecular complexity index is 149. The van der Waals surface area contributed by atoms with Gasteiger partial charge in [0.1, 0.15) is 6.04 Å². The van der Waals surface area contributed by atoms with E-state index in [-0.39, 0.29) is 13.5 Å². The average molecular weight is 181 g/mol. The zero-order valence-electron chi connectivity index (χ0n) is 6.00. The van der Waals surface area contributed by atoms with Crippen molar-refractivity contribution in [2.24, 2.45) is 0 Å². The van der Waals surface area contributed by atoms with Crippen molar-refractivity contribution in [1.29, 1.82) is 0 Å². The van der Waals surface area contributed by atoms with Crippen LogP contribution in [0.5, 0.6) is 0 Å². The van der Waals surface area contributed by atoms with Gasteiger partial charge in [0.05, 0.1) is 6.61 Å². The Hall–Kier alpha value is -0.750. The van der Waals surface area contributed by atoms with Gasteiger partial charge in [-0.25, -0.2) is 4.79 Å². The molecule has 0 bridgehead atoms. The smallest absolute Gasteiger partial charge is 0.328 e. The summed E-state index contributed by atoms with van der Waals surface area (Å²) in [4.78, 5) is 20.3. The molecule has 0 spiro atoms. The predicted molar refractivity (Wildman–Crippen MR) is 42.7 cm³/mol. The van der Waals surface area contributed by atoms with E-state index >= 15 is 0 Å². The highest BCUT2D eigenvalue weighted by molar-refractivity contribution is 7.59. The lowest BCUT2D eigenvalue weighted by atomic mass is 10.3. The molecule has 0 heterocycles. The van der Waals surface area contributed by atoms with E-state index in [0.717, 1.165) is 0 Å². The molecule has 66 valence electrons. The highest BCUT2D eigenvalue weighted by Gasteiger charge is 2.15. The van der Waals surface area contributed by atoms with Crippen molar-refractivity contribution < 1.29 is 19.8 Å². The molecule has 1 unspecified atom stereocenters.